The standard InChI is InChI=1S/C11H19NO2/c1-3-4-5-6-7-8-11(9-12)14-10(2)13/h11H,3-8H2,1-2H3/t11-/m0/s1. The van der Waals surface area contributed by atoms with Crippen LogP contribution in [0.5, 0.6) is 0 Å². The van der Waals surface area contributed by atoms with Crippen molar-refractivity contribution in [2.24, 2.45) is 0 Å². The number of carbonyl (C=O) groups excluding carboxylic acids is 1. The van der Waals surface area contributed by atoms with Gasteiger partial charge in [-0.15, -0.1) is 0 Å². The van der Waals surface area contributed by atoms with Gasteiger partial charge in [0.25, 0.3) is 0 Å². The summed E-state index contributed by atoms with van der Waals surface area (Å²) in [7, 11) is 0. The molecular weight excluding hydrogens is 178 g/mol. The van der Waals surface area contributed by atoms with Crippen LogP contribution >= 0.6 is 0 Å². The Labute approximate surface area is 86.1 Å². The second-order valence-electron chi connectivity index (χ2n) is 3.43. The van der Waals surface area contributed by atoms with Gasteiger partial charge < -0.3 is 4.74 Å². The van der Waals surface area contributed by atoms with Crippen LogP contribution in [0.25, 0.3) is 0 Å². The zero-order valence-corrected chi connectivity index (χ0v) is 9.08. The van der Waals surface area contributed by atoms with Crippen LogP contribution in [0.15, 0.2) is 0 Å². The molecule has 0 radical (unpaired) electrons. The normalized spacial score (nSPS) is 11.8. The van der Waals surface area contributed by atoms with Crippen molar-refractivity contribution in [3.05, 3.63) is 0 Å². The summed E-state index contributed by atoms with van der Waals surface area (Å²) in [6.07, 6.45) is 5.86. The Morgan fingerprint density at radius 2 is 2.00 bits per heavy atom. The maximum absolute atomic E-state index is 10.6. The van der Waals surface area contributed by atoms with Crippen LogP contribution in [0.2, 0.25) is 0 Å². The quantitative estimate of drug-likeness (QED) is 0.466. The highest BCUT2D eigenvalue weighted by Crippen LogP contribution is 2.09. The van der Waals surface area contributed by atoms with Crippen LogP contribution < -0.4 is 0 Å². The lowest BCUT2D eigenvalue weighted by atomic mass is 10.1. The number of hydrogen-bond donors (Lipinski definition) is 0. The molecule has 0 N–H and O–H groups in total. The Morgan fingerprint density at radius 1 is 1.36 bits per heavy atom. The van der Waals surface area contributed by atoms with Crippen molar-refractivity contribution in [1.82, 2.24) is 0 Å². The van der Waals surface area contributed by atoms with Crippen LogP contribution in [0.3, 0.4) is 0 Å². The van der Waals surface area contributed by atoms with Crippen molar-refractivity contribution >= 4 is 5.97 Å². The Balaban J connectivity index is 3.44. The molecule has 0 spiro atoms. The minimum atomic E-state index is -0.547. The molecule has 1 atom stereocenters. The van der Waals surface area contributed by atoms with E-state index in [1.54, 1.807) is 0 Å². The van der Waals surface area contributed by atoms with E-state index in [1.807, 2.05) is 6.07 Å². The topological polar surface area (TPSA) is 50.1 Å². The molecule has 0 aromatic rings. The monoisotopic (exact) mass is 197 g/mol. The molecule has 0 fully saturated rings. The van der Waals surface area contributed by atoms with Gasteiger partial charge in [-0.1, -0.05) is 32.6 Å². The molecule has 0 rings (SSSR count). The van der Waals surface area contributed by atoms with Gasteiger partial charge in [0.05, 0.1) is 0 Å². The average Bonchev–Trinajstić information content (AvgIpc) is 2.15. The molecule has 14 heavy (non-hydrogen) atoms. The SMILES string of the molecule is CCCCCCC[C@@H](C#N)OC(C)=O. The lowest BCUT2D eigenvalue weighted by Gasteiger charge is -2.08. The molecule has 0 aliphatic rings. The van der Waals surface area contributed by atoms with Crippen LogP contribution in [0.4, 0.5) is 0 Å². The molecule has 0 aromatic heterocycles. The van der Waals surface area contributed by atoms with Gasteiger partial charge in [0.1, 0.15) is 6.07 Å². The second kappa shape index (κ2) is 8.55. The van der Waals surface area contributed by atoms with E-state index in [0.29, 0.717) is 6.42 Å². The first-order valence-electron chi connectivity index (χ1n) is 5.27. The summed E-state index contributed by atoms with van der Waals surface area (Å²) in [5.74, 6) is -0.370. The minimum absolute atomic E-state index is 0.370. The van der Waals surface area contributed by atoms with E-state index in [1.165, 1.54) is 26.2 Å². The first-order valence-corrected chi connectivity index (χ1v) is 5.27. The molecule has 3 nitrogen and oxygen atoms in total. The summed E-state index contributed by atoms with van der Waals surface area (Å²) in [6.45, 7) is 3.50. The van der Waals surface area contributed by atoms with Gasteiger partial charge >= 0.3 is 5.97 Å². The summed E-state index contributed by atoms with van der Waals surface area (Å²) < 4.78 is 4.81. The fraction of sp³-hybridized carbons (Fsp3) is 0.818. The minimum Gasteiger partial charge on any atom is -0.447 e. The van der Waals surface area contributed by atoms with E-state index in [0.717, 1.165) is 12.8 Å². The Hall–Kier alpha value is -1.04. The molecule has 0 unspecified atom stereocenters. The summed E-state index contributed by atoms with van der Waals surface area (Å²) in [5.41, 5.74) is 0. The number of nitriles is 1. The lowest BCUT2D eigenvalue weighted by molar-refractivity contribution is -0.144. The highest BCUT2D eigenvalue weighted by molar-refractivity contribution is 5.66. The van der Waals surface area contributed by atoms with Crippen molar-refractivity contribution in [3.63, 3.8) is 0 Å². The predicted molar refractivity (Wildman–Crippen MR) is 54.5 cm³/mol. The number of ether oxygens (including phenoxy) is 1. The molecule has 0 aliphatic heterocycles. The van der Waals surface area contributed by atoms with E-state index < -0.39 is 6.10 Å². The van der Waals surface area contributed by atoms with Crippen LogP contribution in [0, 0.1) is 11.3 Å². The highest BCUT2D eigenvalue weighted by Gasteiger charge is 2.09. The number of carbonyl (C=O) groups is 1. The van der Waals surface area contributed by atoms with Crippen molar-refractivity contribution in [3.8, 4) is 6.07 Å². The van der Waals surface area contributed by atoms with Crippen LogP contribution in [0.1, 0.15) is 52.4 Å². The third kappa shape index (κ3) is 7.60. The van der Waals surface area contributed by atoms with Crippen LogP contribution in [-0.2, 0) is 9.53 Å². The molecule has 80 valence electrons. The van der Waals surface area contributed by atoms with Crippen molar-refractivity contribution in [1.29, 1.82) is 5.26 Å². The average molecular weight is 197 g/mol. The summed E-state index contributed by atoms with van der Waals surface area (Å²) >= 11 is 0. The Kier molecular flexibility index (Phi) is 7.92. The van der Waals surface area contributed by atoms with Gasteiger partial charge in [-0.3, -0.25) is 4.79 Å². The number of nitrogens with zero attached hydrogens (tertiary/aromatic N) is 1. The summed E-state index contributed by atoms with van der Waals surface area (Å²) in [5, 5.41) is 8.65. The number of esters is 1. The first-order chi connectivity index (χ1) is 6.70. The van der Waals surface area contributed by atoms with Gasteiger partial charge in [0, 0.05) is 6.92 Å². The third-order valence-electron chi connectivity index (χ3n) is 2.02. The predicted octanol–water partition coefficient (Wildman–Crippen LogP) is 2.80. The molecule has 0 heterocycles. The molecule has 0 bridgehead atoms. The number of hydrogen-bond acceptors (Lipinski definition) is 3. The number of unbranched alkanes of at least 4 members (excludes halogenated alkanes) is 4. The van der Waals surface area contributed by atoms with Crippen molar-refractivity contribution in [2.45, 2.75) is 58.5 Å². The maximum atomic E-state index is 10.6. The van der Waals surface area contributed by atoms with E-state index in [9.17, 15) is 4.79 Å². The van der Waals surface area contributed by atoms with Crippen molar-refractivity contribution in [2.75, 3.05) is 0 Å². The van der Waals surface area contributed by atoms with E-state index in [-0.39, 0.29) is 5.97 Å². The highest BCUT2D eigenvalue weighted by atomic mass is 16.5. The third-order valence-corrected chi connectivity index (χ3v) is 2.02. The van der Waals surface area contributed by atoms with Gasteiger partial charge in [0.15, 0.2) is 6.10 Å². The maximum Gasteiger partial charge on any atom is 0.303 e. The van der Waals surface area contributed by atoms with Crippen molar-refractivity contribution < 1.29 is 9.53 Å². The van der Waals surface area contributed by atoms with E-state index in [4.69, 9.17) is 10.00 Å². The molecule has 0 saturated carbocycles. The Bertz CT molecular complexity index is 196. The van der Waals surface area contributed by atoms with Gasteiger partial charge in [-0.25, -0.2) is 0 Å². The number of rotatable bonds is 7. The zero-order chi connectivity index (χ0) is 10.8. The smallest absolute Gasteiger partial charge is 0.303 e. The first kappa shape index (κ1) is 13.0. The molecule has 0 aromatic carbocycles. The molecule has 0 saturated heterocycles. The molecule has 0 aliphatic carbocycles. The van der Waals surface area contributed by atoms with E-state index >= 15 is 0 Å². The Morgan fingerprint density at radius 3 is 2.50 bits per heavy atom. The van der Waals surface area contributed by atoms with Crippen LogP contribution in [-0.4, -0.2) is 12.1 Å². The molecule has 3 heteroatoms. The lowest BCUT2D eigenvalue weighted by Crippen LogP contribution is -2.13. The fourth-order valence-electron chi connectivity index (χ4n) is 1.28. The summed E-state index contributed by atoms with van der Waals surface area (Å²) in [6, 6.07) is 1.98. The second-order valence-corrected chi connectivity index (χ2v) is 3.43. The van der Waals surface area contributed by atoms with Gasteiger partial charge in [-0.2, -0.15) is 5.26 Å². The largest absolute Gasteiger partial charge is 0.447 e. The fourth-order valence-corrected chi connectivity index (χ4v) is 1.28. The molecule has 0 amide bonds. The summed E-state index contributed by atoms with van der Waals surface area (Å²) in [4.78, 5) is 10.6. The zero-order valence-electron chi connectivity index (χ0n) is 9.08. The van der Waals surface area contributed by atoms with Gasteiger partial charge in [0.2, 0.25) is 0 Å². The van der Waals surface area contributed by atoms with Gasteiger partial charge in [-0.05, 0) is 12.8 Å². The molecular formula is C11H19NO2. The van der Waals surface area contributed by atoms with E-state index in [2.05, 4.69) is 6.92 Å².